The molecule has 4 rings (SSSR count). The Morgan fingerprint density at radius 2 is 1.43 bits per heavy atom. The molecule has 1 aromatic carbocycles. The van der Waals surface area contributed by atoms with Crippen molar-refractivity contribution in [3.8, 4) is 5.69 Å². The van der Waals surface area contributed by atoms with Crippen molar-refractivity contribution >= 4 is 28.2 Å². The average Bonchev–Trinajstić information content (AvgIpc) is 3.07. The van der Waals surface area contributed by atoms with Gasteiger partial charge in [-0.25, -0.2) is 9.97 Å². The summed E-state index contributed by atoms with van der Waals surface area (Å²) in [5.41, 5.74) is 3.78. The van der Waals surface area contributed by atoms with Crippen LogP contribution in [0.25, 0.3) is 22.3 Å². The zero-order valence-corrected chi connectivity index (χ0v) is 15.9. The zero-order chi connectivity index (χ0) is 19.2. The summed E-state index contributed by atoms with van der Waals surface area (Å²) in [5, 5.41) is 1.28. The van der Waals surface area contributed by atoms with Crippen molar-refractivity contribution in [1.82, 2.24) is 14.5 Å². The van der Waals surface area contributed by atoms with E-state index >= 15 is 0 Å². The van der Waals surface area contributed by atoms with Gasteiger partial charge in [0.1, 0.15) is 17.1 Å². The van der Waals surface area contributed by atoms with E-state index in [0.29, 0.717) is 5.15 Å². The van der Waals surface area contributed by atoms with Crippen LogP contribution in [0.15, 0.2) is 110 Å². The van der Waals surface area contributed by atoms with Crippen molar-refractivity contribution in [3.05, 3.63) is 120 Å². The molecule has 0 fully saturated rings. The van der Waals surface area contributed by atoms with Gasteiger partial charge in [0.25, 0.3) is 0 Å². The third-order valence-corrected chi connectivity index (χ3v) is 4.61. The van der Waals surface area contributed by atoms with Gasteiger partial charge in [0.05, 0.1) is 5.39 Å². The van der Waals surface area contributed by atoms with Crippen LogP contribution < -0.4 is 0 Å². The van der Waals surface area contributed by atoms with Gasteiger partial charge in [-0.05, 0) is 17.7 Å². The lowest BCUT2D eigenvalue weighted by Gasteiger charge is -2.02. The van der Waals surface area contributed by atoms with Crippen molar-refractivity contribution in [1.29, 1.82) is 0 Å². The van der Waals surface area contributed by atoms with Crippen LogP contribution in [0.2, 0.25) is 5.15 Å². The molecule has 3 aromatic rings. The molecule has 3 nitrogen and oxygen atoms in total. The van der Waals surface area contributed by atoms with Gasteiger partial charge >= 0.3 is 0 Å². The Hall–Kier alpha value is -3.43. The molecule has 0 aliphatic heterocycles. The van der Waals surface area contributed by atoms with E-state index in [-0.39, 0.29) is 0 Å². The molecule has 0 atom stereocenters. The van der Waals surface area contributed by atoms with Crippen molar-refractivity contribution < 1.29 is 0 Å². The van der Waals surface area contributed by atoms with Crippen molar-refractivity contribution in [2.45, 2.75) is 0 Å². The minimum absolute atomic E-state index is 0.442. The van der Waals surface area contributed by atoms with Crippen LogP contribution in [-0.4, -0.2) is 14.5 Å². The molecule has 0 saturated heterocycles. The topological polar surface area (TPSA) is 30.7 Å². The van der Waals surface area contributed by atoms with Crippen LogP contribution in [0.4, 0.5) is 0 Å². The first kappa shape index (κ1) is 18.0. The number of fused-ring (bicyclic) bond motifs is 1. The molecule has 136 valence electrons. The largest absolute Gasteiger partial charge is 0.301 e. The van der Waals surface area contributed by atoms with Gasteiger partial charge in [0.2, 0.25) is 0 Å². The molecular formula is C24H18ClN3. The summed E-state index contributed by atoms with van der Waals surface area (Å²) in [6.45, 7) is 0. The molecular weight excluding hydrogens is 366 g/mol. The summed E-state index contributed by atoms with van der Waals surface area (Å²) in [6, 6.07) is 18.1. The number of rotatable bonds is 2. The fraction of sp³-hybridized carbons (Fsp3) is 0. The maximum Gasteiger partial charge on any atom is 0.150 e. The fourth-order valence-corrected chi connectivity index (χ4v) is 3.26. The molecule has 4 heteroatoms. The van der Waals surface area contributed by atoms with Crippen LogP contribution in [-0.2, 0) is 0 Å². The average molecular weight is 384 g/mol. The fourth-order valence-electron chi connectivity index (χ4n) is 3.03. The number of allylic oxidation sites excluding steroid dienone is 8. The van der Waals surface area contributed by atoms with Crippen LogP contribution in [0, 0.1) is 0 Å². The molecule has 0 N–H and O–H groups in total. The highest BCUT2D eigenvalue weighted by Gasteiger charge is 2.16. The van der Waals surface area contributed by atoms with Gasteiger partial charge < -0.3 is 4.57 Å². The highest BCUT2D eigenvalue weighted by molar-refractivity contribution is 6.34. The SMILES string of the molecule is Clc1ncnc2c1c(C1=C/C=C\C=C/C=C1)cn2-c1ccccccccc1. The van der Waals surface area contributed by atoms with Crippen molar-refractivity contribution in [2.24, 2.45) is 0 Å². The Morgan fingerprint density at radius 1 is 0.750 bits per heavy atom. The quantitative estimate of drug-likeness (QED) is 0.488. The Bertz CT molecular complexity index is 1160. The highest BCUT2D eigenvalue weighted by atomic mass is 35.5. The molecule has 1 aliphatic carbocycles. The Labute approximate surface area is 169 Å². The van der Waals surface area contributed by atoms with E-state index in [2.05, 4.69) is 28.3 Å². The van der Waals surface area contributed by atoms with Gasteiger partial charge in [-0.1, -0.05) is 96.6 Å². The highest BCUT2D eigenvalue weighted by Crippen LogP contribution is 2.33. The van der Waals surface area contributed by atoms with Crippen LogP contribution >= 0.6 is 11.6 Å². The van der Waals surface area contributed by atoms with Crippen molar-refractivity contribution in [3.63, 3.8) is 0 Å². The first-order valence-corrected chi connectivity index (χ1v) is 9.35. The van der Waals surface area contributed by atoms with Crippen LogP contribution in [0.5, 0.6) is 0 Å². The van der Waals surface area contributed by atoms with Gasteiger partial charge in [-0.3, -0.25) is 0 Å². The van der Waals surface area contributed by atoms with E-state index in [1.54, 1.807) is 0 Å². The number of hydrogen-bond donors (Lipinski definition) is 0. The Balaban J connectivity index is 1.99. The summed E-state index contributed by atoms with van der Waals surface area (Å²) < 4.78 is 2.05. The molecule has 0 bridgehead atoms. The van der Waals surface area contributed by atoms with Gasteiger partial charge in [0.15, 0.2) is 0 Å². The lowest BCUT2D eigenvalue weighted by atomic mass is 10.0. The summed E-state index contributed by atoms with van der Waals surface area (Å²) in [6.07, 6.45) is 17.7. The lowest BCUT2D eigenvalue weighted by molar-refractivity contribution is 1.08. The lowest BCUT2D eigenvalue weighted by Crippen LogP contribution is -1.93. The van der Waals surface area contributed by atoms with E-state index in [0.717, 1.165) is 27.9 Å². The normalized spacial score (nSPS) is 15.2. The van der Waals surface area contributed by atoms with E-state index in [1.807, 2.05) is 89.5 Å². The number of nitrogens with zero attached hydrogens (tertiary/aromatic N) is 3. The minimum Gasteiger partial charge on any atom is -0.301 e. The van der Waals surface area contributed by atoms with E-state index in [9.17, 15) is 0 Å². The molecule has 0 radical (unpaired) electrons. The monoisotopic (exact) mass is 383 g/mol. The van der Waals surface area contributed by atoms with Gasteiger partial charge in [0, 0.05) is 17.4 Å². The Morgan fingerprint density at radius 3 is 2.21 bits per heavy atom. The third-order valence-electron chi connectivity index (χ3n) is 4.32. The molecule has 0 saturated carbocycles. The first-order valence-electron chi connectivity index (χ1n) is 8.97. The molecule has 0 amide bonds. The summed E-state index contributed by atoms with van der Waals surface area (Å²) in [7, 11) is 0. The van der Waals surface area contributed by atoms with E-state index in [1.165, 1.54) is 6.33 Å². The maximum absolute atomic E-state index is 6.49. The van der Waals surface area contributed by atoms with Crippen molar-refractivity contribution in [2.75, 3.05) is 0 Å². The predicted molar refractivity (Wildman–Crippen MR) is 117 cm³/mol. The summed E-state index contributed by atoms with van der Waals surface area (Å²) >= 11 is 6.49. The van der Waals surface area contributed by atoms with E-state index < -0.39 is 0 Å². The third kappa shape index (κ3) is 3.80. The maximum atomic E-state index is 6.49. The standard InChI is InChI=1S/C24H18ClN3/c25-23-22-21(19-13-9-5-4-6-10-14-19)17-28(24(22)27-18-26-23)20-15-11-7-2-1-3-8-12-16-20/h1-18H/b2-1?,3-1?,5-4-,6-4?,7-2?,8-3?,9-5?,10-6-,11-7?,12-8?,13-9?,14-10?,15-11?,16-12?,19-13?,19-14?,20-15?,20-16?. The second-order valence-corrected chi connectivity index (χ2v) is 6.49. The number of aromatic nitrogens is 3. The van der Waals surface area contributed by atoms with Crippen LogP contribution in [0.3, 0.4) is 0 Å². The number of hydrogen-bond acceptors (Lipinski definition) is 2. The molecule has 0 spiro atoms. The molecule has 1 aliphatic rings. The summed E-state index contributed by atoms with van der Waals surface area (Å²) in [4.78, 5) is 8.73. The minimum atomic E-state index is 0.442. The second-order valence-electron chi connectivity index (χ2n) is 6.13. The van der Waals surface area contributed by atoms with E-state index in [4.69, 9.17) is 11.6 Å². The molecule has 2 heterocycles. The zero-order valence-electron chi connectivity index (χ0n) is 15.1. The molecule has 2 aromatic heterocycles. The summed E-state index contributed by atoms with van der Waals surface area (Å²) in [5.74, 6) is 0. The van der Waals surface area contributed by atoms with Crippen LogP contribution in [0.1, 0.15) is 5.56 Å². The van der Waals surface area contributed by atoms with Gasteiger partial charge in [-0.15, -0.1) is 0 Å². The predicted octanol–water partition coefficient (Wildman–Crippen LogP) is 6.26. The smallest absolute Gasteiger partial charge is 0.150 e. The Kier molecular flexibility index (Phi) is 5.46. The first-order chi connectivity index (χ1) is 13.8. The molecule has 28 heavy (non-hydrogen) atoms. The second kappa shape index (κ2) is 8.51. The van der Waals surface area contributed by atoms with Gasteiger partial charge in [-0.2, -0.15) is 0 Å². The number of halogens is 1. The molecule has 0 unspecified atom stereocenters.